The Morgan fingerprint density at radius 1 is 1.12 bits per heavy atom. The van der Waals surface area contributed by atoms with Gasteiger partial charge < -0.3 is 5.11 Å². The topological polar surface area (TPSA) is 70.5 Å². The number of aromatic nitrogens is 1. The third kappa shape index (κ3) is 4.20. The molecule has 0 bridgehead atoms. The molecule has 0 saturated carbocycles. The van der Waals surface area contributed by atoms with E-state index >= 15 is 0 Å². The van der Waals surface area contributed by atoms with Crippen LogP contribution in [-0.2, 0) is 24.1 Å². The number of rotatable bonds is 6. The number of carbonyl (C=O) groups is 2. The van der Waals surface area contributed by atoms with Gasteiger partial charge in [-0.25, -0.2) is 0 Å². The second-order valence-corrected chi connectivity index (χ2v) is 7.15. The number of carbonyl (C=O) groups excluding carboxylic acids is 2. The van der Waals surface area contributed by atoms with Gasteiger partial charge in [0.25, 0.3) is 5.24 Å². The van der Waals surface area contributed by atoms with E-state index in [4.69, 9.17) is 0 Å². The summed E-state index contributed by atoms with van der Waals surface area (Å²) in [4.78, 5) is 30.4. The van der Waals surface area contributed by atoms with Gasteiger partial charge in [-0.15, -0.1) is 0 Å². The maximum atomic E-state index is 12.5. The fourth-order valence-electron chi connectivity index (χ4n) is 2.71. The SMILES string of the molecule is CCc1ccc(CCN2C(=O)SC(Cc3ccc(O)cc3)C2=O)nc1. The molecule has 3 rings (SSSR count). The number of phenols is 1. The third-order valence-corrected chi connectivity index (χ3v) is 5.32. The van der Waals surface area contributed by atoms with Crippen molar-refractivity contribution in [3.63, 3.8) is 0 Å². The van der Waals surface area contributed by atoms with Crippen molar-refractivity contribution < 1.29 is 14.7 Å². The number of amides is 2. The van der Waals surface area contributed by atoms with Crippen LogP contribution >= 0.6 is 11.8 Å². The summed E-state index contributed by atoms with van der Waals surface area (Å²) in [7, 11) is 0. The Kier molecular flexibility index (Phi) is 5.38. The van der Waals surface area contributed by atoms with Crippen LogP contribution in [0.2, 0.25) is 0 Å². The molecule has 0 aliphatic carbocycles. The molecule has 1 aromatic carbocycles. The van der Waals surface area contributed by atoms with Gasteiger partial charge in [-0.1, -0.05) is 36.9 Å². The maximum Gasteiger partial charge on any atom is 0.289 e. The van der Waals surface area contributed by atoms with Crippen LogP contribution in [0, 0.1) is 0 Å². The van der Waals surface area contributed by atoms with Gasteiger partial charge in [-0.05, 0) is 42.2 Å². The van der Waals surface area contributed by atoms with Crippen LogP contribution in [-0.4, -0.2) is 37.9 Å². The molecule has 1 saturated heterocycles. The Hall–Kier alpha value is -2.34. The van der Waals surface area contributed by atoms with Gasteiger partial charge >= 0.3 is 0 Å². The van der Waals surface area contributed by atoms with E-state index in [0.29, 0.717) is 19.4 Å². The molecule has 5 nitrogen and oxygen atoms in total. The highest BCUT2D eigenvalue weighted by Crippen LogP contribution is 2.30. The first-order chi connectivity index (χ1) is 12.1. The Labute approximate surface area is 151 Å². The van der Waals surface area contributed by atoms with E-state index in [9.17, 15) is 14.7 Å². The van der Waals surface area contributed by atoms with Crippen molar-refractivity contribution in [1.29, 1.82) is 0 Å². The second-order valence-electron chi connectivity index (χ2n) is 5.99. The van der Waals surface area contributed by atoms with Crippen LogP contribution < -0.4 is 0 Å². The molecule has 1 aliphatic rings. The molecule has 1 fully saturated rings. The van der Waals surface area contributed by atoms with Gasteiger partial charge in [0.2, 0.25) is 5.91 Å². The van der Waals surface area contributed by atoms with Crippen molar-refractivity contribution in [2.75, 3.05) is 6.54 Å². The molecule has 2 amide bonds. The second kappa shape index (κ2) is 7.70. The maximum absolute atomic E-state index is 12.5. The zero-order valence-corrected chi connectivity index (χ0v) is 14.8. The van der Waals surface area contributed by atoms with Crippen LogP contribution in [0.1, 0.15) is 23.7 Å². The van der Waals surface area contributed by atoms with Crippen molar-refractivity contribution in [3.8, 4) is 5.75 Å². The average molecular weight is 356 g/mol. The number of thioether (sulfide) groups is 1. The molecular weight excluding hydrogens is 336 g/mol. The van der Waals surface area contributed by atoms with E-state index in [1.165, 1.54) is 10.5 Å². The quantitative estimate of drug-likeness (QED) is 0.861. The number of imide groups is 1. The van der Waals surface area contributed by atoms with E-state index in [1.54, 1.807) is 24.3 Å². The summed E-state index contributed by atoms with van der Waals surface area (Å²) >= 11 is 1.08. The molecule has 25 heavy (non-hydrogen) atoms. The molecule has 2 aromatic rings. The largest absolute Gasteiger partial charge is 0.508 e. The van der Waals surface area contributed by atoms with E-state index < -0.39 is 5.25 Å². The van der Waals surface area contributed by atoms with Crippen LogP contribution in [0.15, 0.2) is 42.6 Å². The number of benzene rings is 1. The van der Waals surface area contributed by atoms with Crippen molar-refractivity contribution in [1.82, 2.24) is 9.88 Å². The third-order valence-electron chi connectivity index (χ3n) is 4.25. The molecule has 1 N–H and O–H groups in total. The zero-order chi connectivity index (χ0) is 17.8. The van der Waals surface area contributed by atoms with Gasteiger partial charge in [0.05, 0.1) is 5.25 Å². The van der Waals surface area contributed by atoms with Crippen LogP contribution in [0.25, 0.3) is 0 Å². The first kappa shape index (κ1) is 17.5. The Balaban J connectivity index is 1.59. The summed E-state index contributed by atoms with van der Waals surface area (Å²) in [5.74, 6) is 0.0432. The van der Waals surface area contributed by atoms with E-state index in [-0.39, 0.29) is 16.9 Å². The molecule has 1 aromatic heterocycles. The lowest BCUT2D eigenvalue weighted by Crippen LogP contribution is -2.34. The first-order valence-electron chi connectivity index (χ1n) is 8.30. The zero-order valence-electron chi connectivity index (χ0n) is 14.0. The van der Waals surface area contributed by atoms with Crippen LogP contribution in [0.4, 0.5) is 4.79 Å². The average Bonchev–Trinajstić information content (AvgIpc) is 2.89. The molecular formula is C19H20N2O3S. The van der Waals surface area contributed by atoms with Gasteiger partial charge in [-0.3, -0.25) is 19.5 Å². The normalized spacial score (nSPS) is 17.3. The Bertz CT molecular complexity index is 759. The molecule has 1 aliphatic heterocycles. The monoisotopic (exact) mass is 356 g/mol. The predicted octanol–water partition coefficient (Wildman–Crippen LogP) is 3.20. The Morgan fingerprint density at radius 2 is 1.84 bits per heavy atom. The highest BCUT2D eigenvalue weighted by molar-refractivity contribution is 8.15. The lowest BCUT2D eigenvalue weighted by molar-refractivity contribution is -0.126. The molecule has 130 valence electrons. The number of aromatic hydroxyl groups is 1. The minimum atomic E-state index is -0.396. The van der Waals surface area contributed by atoms with Crippen LogP contribution in [0.5, 0.6) is 5.75 Å². The molecule has 1 atom stereocenters. The molecule has 1 unspecified atom stereocenters. The summed E-state index contributed by atoms with van der Waals surface area (Å²) in [6, 6.07) is 10.7. The predicted molar refractivity (Wildman–Crippen MR) is 97.6 cm³/mol. The molecule has 6 heteroatoms. The van der Waals surface area contributed by atoms with Crippen molar-refractivity contribution in [2.24, 2.45) is 0 Å². The Morgan fingerprint density at radius 3 is 2.48 bits per heavy atom. The van der Waals surface area contributed by atoms with Gasteiger partial charge in [-0.2, -0.15) is 0 Å². The van der Waals surface area contributed by atoms with E-state index in [2.05, 4.69) is 11.9 Å². The summed E-state index contributed by atoms with van der Waals surface area (Å²) in [6.45, 7) is 2.43. The molecule has 2 heterocycles. The van der Waals surface area contributed by atoms with Gasteiger partial charge in [0, 0.05) is 24.9 Å². The van der Waals surface area contributed by atoms with Crippen molar-refractivity contribution in [3.05, 3.63) is 59.4 Å². The van der Waals surface area contributed by atoms with Crippen molar-refractivity contribution in [2.45, 2.75) is 31.4 Å². The van der Waals surface area contributed by atoms with Gasteiger partial charge in [0.1, 0.15) is 5.75 Å². The smallest absolute Gasteiger partial charge is 0.289 e. The number of hydrogen-bond acceptors (Lipinski definition) is 5. The number of pyridine rings is 1. The first-order valence-corrected chi connectivity index (χ1v) is 9.18. The minimum Gasteiger partial charge on any atom is -0.508 e. The minimum absolute atomic E-state index is 0.145. The molecule has 0 radical (unpaired) electrons. The van der Waals surface area contributed by atoms with Crippen LogP contribution in [0.3, 0.4) is 0 Å². The highest BCUT2D eigenvalue weighted by Gasteiger charge is 2.39. The molecule has 0 spiro atoms. The summed E-state index contributed by atoms with van der Waals surface area (Å²) in [6.07, 6.45) is 3.82. The fourth-order valence-corrected chi connectivity index (χ4v) is 3.77. The number of hydrogen-bond donors (Lipinski definition) is 1. The van der Waals surface area contributed by atoms with E-state index in [1.807, 2.05) is 18.3 Å². The lowest BCUT2D eigenvalue weighted by Gasteiger charge is -2.13. The lowest BCUT2D eigenvalue weighted by atomic mass is 10.1. The van der Waals surface area contributed by atoms with Gasteiger partial charge in [0.15, 0.2) is 0 Å². The van der Waals surface area contributed by atoms with Crippen molar-refractivity contribution >= 4 is 22.9 Å². The fraction of sp³-hybridized carbons (Fsp3) is 0.316. The number of nitrogens with zero attached hydrogens (tertiary/aromatic N) is 2. The summed E-state index contributed by atoms with van der Waals surface area (Å²) in [5.41, 5.74) is 2.97. The summed E-state index contributed by atoms with van der Waals surface area (Å²) < 4.78 is 0. The van der Waals surface area contributed by atoms with E-state index in [0.717, 1.165) is 29.4 Å². The standard InChI is InChI=1S/C19H20N2O3S/c1-2-13-3-6-15(20-12-13)9-10-21-18(23)17(25-19(21)24)11-14-4-7-16(22)8-5-14/h3-8,12,17,22H,2,9-11H2,1H3. The number of aryl methyl sites for hydroxylation is 1. The highest BCUT2D eigenvalue weighted by atomic mass is 32.2. The number of phenolic OH excluding ortho intramolecular Hbond substituents is 1. The summed E-state index contributed by atoms with van der Waals surface area (Å²) in [5, 5.41) is 8.73.